The van der Waals surface area contributed by atoms with Gasteiger partial charge in [0.1, 0.15) is 11.4 Å². The summed E-state index contributed by atoms with van der Waals surface area (Å²) in [6.45, 7) is 3.88. The molecule has 5 nitrogen and oxygen atoms in total. The number of likely N-dealkylation sites (tertiary alicyclic amines) is 1. The molecule has 1 fully saturated rings. The van der Waals surface area contributed by atoms with Crippen LogP contribution in [0.4, 0.5) is 13.6 Å². The summed E-state index contributed by atoms with van der Waals surface area (Å²) in [6.07, 6.45) is 1.25. The molecule has 0 saturated carbocycles. The van der Waals surface area contributed by atoms with Gasteiger partial charge in [-0.05, 0) is 57.2 Å². The number of rotatable bonds is 4. The van der Waals surface area contributed by atoms with E-state index in [0.29, 0.717) is 13.1 Å². The first kappa shape index (κ1) is 19.4. The maximum absolute atomic E-state index is 12.2. The van der Waals surface area contributed by atoms with E-state index in [1.165, 1.54) is 12.1 Å². The molecule has 0 spiro atoms. The summed E-state index contributed by atoms with van der Waals surface area (Å²) in [5, 5.41) is 0. The van der Waals surface area contributed by atoms with Crippen LogP contribution in [0.25, 0.3) is 0 Å². The highest BCUT2D eigenvalue weighted by atomic mass is 19.3. The van der Waals surface area contributed by atoms with E-state index in [4.69, 9.17) is 10.5 Å². The number of nitrogens with zero attached hydrogens (tertiary/aromatic N) is 1. The predicted octanol–water partition coefficient (Wildman–Crippen LogP) is 3.93. The minimum absolute atomic E-state index is 0.116. The number of ether oxygens (including phenoxy) is 2. The third-order valence-corrected chi connectivity index (χ3v) is 4.19. The summed E-state index contributed by atoms with van der Waals surface area (Å²) in [6, 6.07) is 6.21. The van der Waals surface area contributed by atoms with Gasteiger partial charge in [0.15, 0.2) is 0 Å². The SMILES string of the molecule is CC(C)(C)OC(=O)N1CCC(C(N)c2ccc(OC(F)F)cc2)CC1. The standard InChI is InChI=1S/C18H26F2N2O3/c1-18(2,3)25-17(23)22-10-8-13(9-11-22)15(21)12-4-6-14(7-5-12)24-16(19)20/h4-7,13,15-16H,8-11,21H2,1-3H3. The van der Waals surface area contributed by atoms with Gasteiger partial charge in [-0.15, -0.1) is 0 Å². The van der Waals surface area contributed by atoms with Crippen LogP contribution in [0.3, 0.4) is 0 Å². The summed E-state index contributed by atoms with van der Waals surface area (Å²) in [5.74, 6) is 0.339. The second-order valence-corrected chi connectivity index (χ2v) is 7.28. The Hall–Kier alpha value is -1.89. The number of amides is 1. The topological polar surface area (TPSA) is 64.8 Å². The smallest absolute Gasteiger partial charge is 0.410 e. The Bertz CT molecular complexity index is 565. The fraction of sp³-hybridized carbons (Fsp3) is 0.611. The third kappa shape index (κ3) is 5.85. The first-order valence-corrected chi connectivity index (χ1v) is 8.44. The van der Waals surface area contributed by atoms with E-state index in [1.807, 2.05) is 20.8 Å². The lowest BCUT2D eigenvalue weighted by molar-refractivity contribution is -0.0498. The van der Waals surface area contributed by atoms with Gasteiger partial charge in [-0.1, -0.05) is 12.1 Å². The zero-order chi connectivity index (χ0) is 18.6. The molecule has 1 aromatic rings. The molecule has 1 aliphatic heterocycles. The Morgan fingerprint density at radius 2 is 1.76 bits per heavy atom. The molecule has 2 rings (SSSR count). The summed E-state index contributed by atoms with van der Waals surface area (Å²) in [5.41, 5.74) is 6.69. The monoisotopic (exact) mass is 356 g/mol. The molecule has 1 aliphatic rings. The van der Waals surface area contributed by atoms with Crippen LogP contribution in [0.5, 0.6) is 5.75 Å². The van der Waals surface area contributed by atoms with Crippen molar-refractivity contribution in [2.75, 3.05) is 13.1 Å². The van der Waals surface area contributed by atoms with Crippen LogP contribution in [0.2, 0.25) is 0 Å². The van der Waals surface area contributed by atoms with Gasteiger partial charge >= 0.3 is 12.7 Å². The molecule has 1 amide bonds. The minimum atomic E-state index is -2.84. The van der Waals surface area contributed by atoms with Crippen molar-refractivity contribution < 1.29 is 23.0 Å². The van der Waals surface area contributed by atoms with Crippen LogP contribution in [-0.2, 0) is 4.74 Å². The van der Waals surface area contributed by atoms with Gasteiger partial charge in [0.2, 0.25) is 0 Å². The van der Waals surface area contributed by atoms with Gasteiger partial charge in [0.05, 0.1) is 0 Å². The van der Waals surface area contributed by atoms with Crippen molar-refractivity contribution in [2.45, 2.75) is 51.9 Å². The zero-order valence-electron chi connectivity index (χ0n) is 14.9. The van der Waals surface area contributed by atoms with Gasteiger partial charge in [0, 0.05) is 19.1 Å². The highest BCUT2D eigenvalue weighted by molar-refractivity contribution is 5.68. The number of hydrogen-bond acceptors (Lipinski definition) is 4. The maximum Gasteiger partial charge on any atom is 0.410 e. The molecular formula is C18H26F2N2O3. The summed E-state index contributed by atoms with van der Waals surface area (Å²) in [4.78, 5) is 13.8. The molecule has 1 aromatic carbocycles. The van der Waals surface area contributed by atoms with Crippen LogP contribution in [0.15, 0.2) is 24.3 Å². The lowest BCUT2D eigenvalue weighted by atomic mass is 9.86. The normalized spacial score (nSPS) is 17.5. The van der Waals surface area contributed by atoms with Gasteiger partial charge < -0.3 is 20.1 Å². The van der Waals surface area contributed by atoms with Gasteiger partial charge in [-0.25, -0.2) is 4.79 Å². The van der Waals surface area contributed by atoms with Crippen molar-refractivity contribution in [1.29, 1.82) is 0 Å². The highest BCUT2D eigenvalue weighted by Crippen LogP contribution is 2.30. The molecule has 0 bridgehead atoms. The van der Waals surface area contributed by atoms with E-state index >= 15 is 0 Å². The number of piperidine rings is 1. The predicted molar refractivity (Wildman–Crippen MR) is 90.5 cm³/mol. The third-order valence-electron chi connectivity index (χ3n) is 4.19. The number of benzene rings is 1. The summed E-state index contributed by atoms with van der Waals surface area (Å²) < 4.78 is 34.1. The molecule has 1 heterocycles. The Morgan fingerprint density at radius 3 is 2.24 bits per heavy atom. The fourth-order valence-corrected chi connectivity index (χ4v) is 2.91. The van der Waals surface area contributed by atoms with Crippen molar-refractivity contribution >= 4 is 6.09 Å². The molecule has 1 unspecified atom stereocenters. The fourth-order valence-electron chi connectivity index (χ4n) is 2.91. The van der Waals surface area contributed by atoms with Crippen LogP contribution < -0.4 is 10.5 Å². The van der Waals surface area contributed by atoms with Gasteiger partial charge in [-0.3, -0.25) is 0 Å². The average Bonchev–Trinajstić information content (AvgIpc) is 2.53. The second kappa shape index (κ2) is 7.99. The first-order chi connectivity index (χ1) is 11.7. The Morgan fingerprint density at radius 1 is 1.20 bits per heavy atom. The van der Waals surface area contributed by atoms with Crippen molar-refractivity contribution in [3.8, 4) is 5.75 Å². The van der Waals surface area contributed by atoms with Crippen LogP contribution in [0, 0.1) is 5.92 Å². The van der Waals surface area contributed by atoms with E-state index in [9.17, 15) is 13.6 Å². The minimum Gasteiger partial charge on any atom is -0.444 e. The zero-order valence-corrected chi connectivity index (χ0v) is 14.9. The number of hydrogen-bond donors (Lipinski definition) is 1. The molecule has 25 heavy (non-hydrogen) atoms. The molecule has 7 heteroatoms. The molecule has 1 atom stereocenters. The van der Waals surface area contributed by atoms with Crippen LogP contribution in [-0.4, -0.2) is 36.3 Å². The summed E-state index contributed by atoms with van der Waals surface area (Å²) in [7, 11) is 0. The number of alkyl halides is 2. The van der Waals surface area contributed by atoms with Crippen molar-refractivity contribution in [1.82, 2.24) is 4.90 Å². The van der Waals surface area contributed by atoms with E-state index in [0.717, 1.165) is 18.4 Å². The van der Waals surface area contributed by atoms with Gasteiger partial charge in [-0.2, -0.15) is 8.78 Å². The number of nitrogens with two attached hydrogens (primary N) is 1. The lowest BCUT2D eigenvalue weighted by Gasteiger charge is -2.35. The molecule has 1 saturated heterocycles. The lowest BCUT2D eigenvalue weighted by Crippen LogP contribution is -2.43. The average molecular weight is 356 g/mol. The van der Waals surface area contributed by atoms with Gasteiger partial charge in [0.25, 0.3) is 0 Å². The maximum atomic E-state index is 12.2. The number of carbonyl (C=O) groups excluding carboxylic acids is 1. The van der Waals surface area contributed by atoms with E-state index < -0.39 is 12.2 Å². The number of carbonyl (C=O) groups is 1. The summed E-state index contributed by atoms with van der Waals surface area (Å²) >= 11 is 0. The Labute approximate surface area is 147 Å². The Balaban J connectivity index is 1.88. The highest BCUT2D eigenvalue weighted by Gasteiger charge is 2.29. The van der Waals surface area contributed by atoms with E-state index in [-0.39, 0.29) is 23.8 Å². The van der Waals surface area contributed by atoms with Crippen LogP contribution in [0.1, 0.15) is 45.2 Å². The van der Waals surface area contributed by atoms with Crippen molar-refractivity contribution in [3.63, 3.8) is 0 Å². The Kier molecular flexibility index (Phi) is 6.21. The molecular weight excluding hydrogens is 330 g/mol. The molecule has 0 aromatic heterocycles. The molecule has 0 aliphatic carbocycles. The first-order valence-electron chi connectivity index (χ1n) is 8.44. The van der Waals surface area contributed by atoms with E-state index in [2.05, 4.69) is 4.74 Å². The van der Waals surface area contributed by atoms with Crippen molar-refractivity contribution in [2.24, 2.45) is 11.7 Å². The number of halogens is 2. The molecule has 0 radical (unpaired) electrons. The largest absolute Gasteiger partial charge is 0.444 e. The molecule has 140 valence electrons. The van der Waals surface area contributed by atoms with Crippen molar-refractivity contribution in [3.05, 3.63) is 29.8 Å². The van der Waals surface area contributed by atoms with Crippen LogP contribution >= 0.6 is 0 Å². The quantitative estimate of drug-likeness (QED) is 0.888. The molecule has 2 N–H and O–H groups in total. The second-order valence-electron chi connectivity index (χ2n) is 7.28. The van der Waals surface area contributed by atoms with E-state index in [1.54, 1.807) is 17.0 Å².